The summed E-state index contributed by atoms with van der Waals surface area (Å²) in [7, 11) is 0. The molecule has 0 saturated carbocycles. The number of rotatable bonds is 1. The summed E-state index contributed by atoms with van der Waals surface area (Å²) in [6, 6.07) is 4.86. The molecule has 1 aromatic carbocycles. The Morgan fingerprint density at radius 3 is 2.94 bits per heavy atom. The number of H-pyrrole nitrogens is 1. The van der Waals surface area contributed by atoms with Gasteiger partial charge in [-0.25, -0.2) is 4.98 Å². The topological polar surface area (TPSA) is 64.2 Å². The van der Waals surface area contributed by atoms with Crippen LogP contribution < -0.4 is 15.0 Å². The second-order valence-corrected chi connectivity index (χ2v) is 4.33. The number of nitrogens with zero attached hydrogens (tertiary/aromatic N) is 1. The van der Waals surface area contributed by atoms with Crippen molar-refractivity contribution < 1.29 is 9.47 Å². The Hall–Kier alpha value is -2.01. The van der Waals surface area contributed by atoms with E-state index in [2.05, 4.69) is 9.97 Å². The maximum Gasteiger partial charge on any atom is 0.251 e. The van der Waals surface area contributed by atoms with E-state index in [1.54, 1.807) is 19.1 Å². The van der Waals surface area contributed by atoms with Crippen molar-refractivity contribution in [3.05, 3.63) is 39.3 Å². The van der Waals surface area contributed by atoms with Gasteiger partial charge in [0.25, 0.3) is 5.56 Å². The summed E-state index contributed by atoms with van der Waals surface area (Å²) in [6.45, 7) is 1.91. The maximum absolute atomic E-state index is 11.4. The van der Waals surface area contributed by atoms with Crippen molar-refractivity contribution in [2.75, 3.05) is 6.79 Å². The number of fused-ring (bicyclic) bond motifs is 1. The first kappa shape index (κ1) is 11.1. The first-order valence-electron chi connectivity index (χ1n) is 5.31. The molecule has 0 bridgehead atoms. The molecule has 1 aliphatic heterocycles. The van der Waals surface area contributed by atoms with Crippen LogP contribution in [0.3, 0.4) is 0 Å². The van der Waals surface area contributed by atoms with Crippen LogP contribution in [-0.4, -0.2) is 16.8 Å². The Morgan fingerprint density at radius 1 is 1.33 bits per heavy atom. The molecule has 3 rings (SSSR count). The van der Waals surface area contributed by atoms with Crippen molar-refractivity contribution in [1.82, 2.24) is 9.97 Å². The SMILES string of the molecule is Cc1cc(=O)[nH]c(-c2cc(Cl)c3c(c2)OCO3)n1. The molecule has 2 aromatic rings. The molecular formula is C12H9ClN2O3. The van der Waals surface area contributed by atoms with Gasteiger partial charge >= 0.3 is 0 Å². The van der Waals surface area contributed by atoms with Crippen LogP contribution in [0.2, 0.25) is 5.02 Å². The highest BCUT2D eigenvalue weighted by molar-refractivity contribution is 6.32. The Bertz CT molecular complexity index is 682. The van der Waals surface area contributed by atoms with E-state index in [4.69, 9.17) is 21.1 Å². The van der Waals surface area contributed by atoms with Crippen LogP contribution in [-0.2, 0) is 0 Å². The van der Waals surface area contributed by atoms with E-state index in [9.17, 15) is 4.79 Å². The molecule has 1 aliphatic rings. The first-order chi connectivity index (χ1) is 8.63. The van der Waals surface area contributed by atoms with Crippen LogP contribution in [0, 0.1) is 6.92 Å². The van der Waals surface area contributed by atoms with Gasteiger partial charge < -0.3 is 14.5 Å². The Balaban J connectivity index is 2.18. The molecule has 2 heterocycles. The average Bonchev–Trinajstić information content (AvgIpc) is 2.76. The normalized spacial score (nSPS) is 12.8. The largest absolute Gasteiger partial charge is 0.454 e. The van der Waals surface area contributed by atoms with E-state index in [-0.39, 0.29) is 12.4 Å². The van der Waals surface area contributed by atoms with Gasteiger partial charge in [-0.15, -0.1) is 0 Å². The number of aromatic nitrogens is 2. The molecule has 0 spiro atoms. The molecule has 5 nitrogen and oxygen atoms in total. The third-order valence-electron chi connectivity index (χ3n) is 2.57. The molecule has 1 N–H and O–H groups in total. The van der Waals surface area contributed by atoms with Gasteiger partial charge in [-0.05, 0) is 19.1 Å². The standard InChI is InChI=1S/C12H9ClN2O3/c1-6-2-10(16)15-12(14-6)7-3-8(13)11-9(4-7)17-5-18-11/h2-4H,5H2,1H3,(H,14,15,16). The molecule has 18 heavy (non-hydrogen) atoms. The second kappa shape index (κ2) is 4.03. The molecule has 1 aromatic heterocycles. The lowest BCUT2D eigenvalue weighted by Gasteiger charge is -2.05. The quantitative estimate of drug-likeness (QED) is 0.857. The Kier molecular flexibility index (Phi) is 2.48. The number of hydrogen-bond acceptors (Lipinski definition) is 4. The van der Waals surface area contributed by atoms with Crippen LogP contribution in [0.5, 0.6) is 11.5 Å². The summed E-state index contributed by atoms with van der Waals surface area (Å²) in [5, 5.41) is 0.434. The number of halogens is 1. The molecule has 0 atom stereocenters. The van der Waals surface area contributed by atoms with Crippen molar-refractivity contribution in [3.63, 3.8) is 0 Å². The number of aryl methyl sites for hydroxylation is 1. The van der Waals surface area contributed by atoms with Crippen molar-refractivity contribution in [3.8, 4) is 22.9 Å². The lowest BCUT2D eigenvalue weighted by atomic mass is 10.2. The van der Waals surface area contributed by atoms with Crippen LogP contribution in [0.4, 0.5) is 0 Å². The summed E-state index contributed by atoms with van der Waals surface area (Å²) in [5.41, 5.74) is 1.12. The summed E-state index contributed by atoms with van der Waals surface area (Å²) >= 11 is 6.08. The summed E-state index contributed by atoms with van der Waals surface area (Å²) in [6.07, 6.45) is 0. The number of aromatic amines is 1. The van der Waals surface area contributed by atoms with Crippen LogP contribution in [0.1, 0.15) is 5.69 Å². The summed E-state index contributed by atoms with van der Waals surface area (Å²) in [4.78, 5) is 18.3. The molecule has 0 aliphatic carbocycles. The molecule has 0 fully saturated rings. The highest BCUT2D eigenvalue weighted by atomic mass is 35.5. The minimum atomic E-state index is -0.203. The third kappa shape index (κ3) is 1.82. The minimum absolute atomic E-state index is 0.149. The molecule has 0 amide bonds. The number of benzene rings is 1. The van der Waals surface area contributed by atoms with Gasteiger partial charge in [0.2, 0.25) is 6.79 Å². The van der Waals surface area contributed by atoms with E-state index in [1.807, 2.05) is 0 Å². The van der Waals surface area contributed by atoms with Crippen molar-refractivity contribution in [2.45, 2.75) is 6.92 Å². The number of nitrogens with one attached hydrogen (secondary N) is 1. The molecular weight excluding hydrogens is 256 g/mol. The lowest BCUT2D eigenvalue weighted by Crippen LogP contribution is -2.08. The third-order valence-corrected chi connectivity index (χ3v) is 2.85. The smallest absolute Gasteiger partial charge is 0.251 e. The molecule has 6 heteroatoms. The number of ether oxygens (including phenoxy) is 2. The number of hydrogen-bond donors (Lipinski definition) is 1. The molecule has 92 valence electrons. The monoisotopic (exact) mass is 264 g/mol. The highest BCUT2D eigenvalue weighted by Crippen LogP contribution is 2.41. The Labute approximate surface area is 107 Å². The van der Waals surface area contributed by atoms with Gasteiger partial charge in [-0.2, -0.15) is 0 Å². The van der Waals surface area contributed by atoms with Crippen molar-refractivity contribution >= 4 is 11.6 Å². The summed E-state index contributed by atoms with van der Waals surface area (Å²) in [5.74, 6) is 1.54. The van der Waals surface area contributed by atoms with E-state index in [0.717, 1.165) is 0 Å². The second-order valence-electron chi connectivity index (χ2n) is 3.93. The van der Waals surface area contributed by atoms with Gasteiger partial charge in [0, 0.05) is 17.3 Å². The molecule has 0 saturated heterocycles. The predicted octanol–water partition coefficient (Wildman–Crippen LogP) is 2.13. The molecule has 0 unspecified atom stereocenters. The van der Waals surface area contributed by atoms with Crippen molar-refractivity contribution in [1.29, 1.82) is 0 Å². The van der Waals surface area contributed by atoms with Gasteiger partial charge in [0.05, 0.1) is 5.02 Å². The zero-order chi connectivity index (χ0) is 12.7. The van der Waals surface area contributed by atoms with Crippen LogP contribution in [0.25, 0.3) is 11.4 Å². The zero-order valence-corrected chi connectivity index (χ0v) is 10.2. The van der Waals surface area contributed by atoms with Gasteiger partial charge in [-0.3, -0.25) is 4.79 Å². The van der Waals surface area contributed by atoms with Crippen molar-refractivity contribution in [2.24, 2.45) is 0 Å². The van der Waals surface area contributed by atoms with Crippen LogP contribution in [0.15, 0.2) is 23.0 Å². The fourth-order valence-corrected chi connectivity index (χ4v) is 2.09. The molecule has 0 radical (unpaired) electrons. The Morgan fingerprint density at radius 2 is 2.17 bits per heavy atom. The van der Waals surface area contributed by atoms with E-state index < -0.39 is 0 Å². The van der Waals surface area contributed by atoms with Gasteiger partial charge in [-0.1, -0.05) is 11.6 Å². The van der Waals surface area contributed by atoms with Gasteiger partial charge in [0.15, 0.2) is 11.5 Å². The first-order valence-corrected chi connectivity index (χ1v) is 5.69. The highest BCUT2D eigenvalue weighted by Gasteiger charge is 2.19. The van der Waals surface area contributed by atoms with Crippen LogP contribution >= 0.6 is 11.6 Å². The maximum atomic E-state index is 11.4. The minimum Gasteiger partial charge on any atom is -0.454 e. The average molecular weight is 265 g/mol. The zero-order valence-electron chi connectivity index (χ0n) is 9.49. The lowest BCUT2D eigenvalue weighted by molar-refractivity contribution is 0.174. The van der Waals surface area contributed by atoms with E-state index in [1.165, 1.54) is 6.07 Å². The fourth-order valence-electron chi connectivity index (χ4n) is 1.82. The fraction of sp³-hybridized carbons (Fsp3) is 0.167. The summed E-state index contributed by atoms with van der Waals surface area (Å²) < 4.78 is 10.5. The van der Waals surface area contributed by atoms with E-state index >= 15 is 0 Å². The van der Waals surface area contributed by atoms with E-state index in [0.29, 0.717) is 33.6 Å². The predicted molar refractivity (Wildman–Crippen MR) is 66.2 cm³/mol. The van der Waals surface area contributed by atoms with Gasteiger partial charge in [0.1, 0.15) is 5.82 Å².